The Morgan fingerprint density at radius 2 is 1.79 bits per heavy atom. The number of carbonyl (C=O) groups excluding carboxylic acids is 2. The Morgan fingerprint density at radius 3 is 2.53 bits per heavy atom. The van der Waals surface area contributed by atoms with E-state index in [-0.39, 0.29) is 23.2 Å². The van der Waals surface area contributed by atoms with Crippen LogP contribution in [0.4, 0.5) is 15.8 Å². The third kappa shape index (κ3) is 7.57. The van der Waals surface area contributed by atoms with E-state index >= 15 is 0 Å². The van der Waals surface area contributed by atoms with Crippen molar-refractivity contribution < 1.29 is 23.5 Å². The van der Waals surface area contributed by atoms with Crippen molar-refractivity contribution in [2.24, 2.45) is 5.92 Å². The maximum Gasteiger partial charge on any atom is 0.261 e. The van der Waals surface area contributed by atoms with Crippen LogP contribution in [0.2, 0.25) is 0 Å². The van der Waals surface area contributed by atoms with Gasteiger partial charge in [0.1, 0.15) is 28.8 Å². The number of thioether (sulfide) groups is 1. The highest BCUT2D eigenvalue weighted by Crippen LogP contribution is 2.30. The lowest BCUT2D eigenvalue weighted by Gasteiger charge is -2.48. The van der Waals surface area contributed by atoms with Gasteiger partial charge in [0.05, 0.1) is 17.9 Å². The first-order valence-electron chi connectivity index (χ1n) is 16.6. The zero-order chi connectivity index (χ0) is 32.3. The van der Waals surface area contributed by atoms with Crippen LogP contribution in [0.5, 0.6) is 5.75 Å². The van der Waals surface area contributed by atoms with Gasteiger partial charge < -0.3 is 24.7 Å². The highest BCUT2D eigenvalue weighted by atomic mass is 32.2. The minimum atomic E-state index is -0.612. The van der Waals surface area contributed by atoms with Crippen molar-refractivity contribution in [3.63, 3.8) is 0 Å². The van der Waals surface area contributed by atoms with Crippen molar-refractivity contribution in [2.75, 3.05) is 56.2 Å². The topological polar surface area (TPSA) is 129 Å². The molecule has 47 heavy (non-hydrogen) atoms. The molecule has 0 bridgehead atoms. The number of benzene rings is 2. The number of fused-ring (bicyclic) bond motifs is 1. The van der Waals surface area contributed by atoms with Crippen LogP contribution in [0, 0.1) is 11.7 Å². The molecule has 7 rings (SSSR count). The van der Waals surface area contributed by atoms with E-state index in [0.717, 1.165) is 76.5 Å². The number of ether oxygens (including phenoxy) is 2. The third-order valence-corrected chi connectivity index (χ3v) is 11.1. The summed E-state index contributed by atoms with van der Waals surface area (Å²) in [5.74, 6) is 0.810. The third-order valence-electron chi connectivity index (χ3n) is 9.73. The Bertz CT molecular complexity index is 1650. The summed E-state index contributed by atoms with van der Waals surface area (Å²) in [5.41, 5.74) is 1.90. The Kier molecular flexibility index (Phi) is 9.64. The fraction of sp³-hybridized carbons (Fsp3) is 0.529. The molecule has 4 aliphatic heterocycles. The van der Waals surface area contributed by atoms with Gasteiger partial charge in [-0.1, -0.05) is 0 Å². The number of amides is 2. The number of rotatable bonds is 10. The number of nitrogens with zero attached hydrogens (tertiary/aromatic N) is 3. The molecule has 4 fully saturated rings. The number of aromatic nitrogens is 2. The molecule has 0 saturated carbocycles. The summed E-state index contributed by atoms with van der Waals surface area (Å²) in [6, 6.07) is 11.2. The SMILES string of the molecule is O=C1CCC(Nc2ccc(N3CC(N4CCC(COc5cc(F)c6c(=O)[nH]c(CSC7CCOCC7)nc6c5)CC4)C3)cc2)C(=O)N1. The van der Waals surface area contributed by atoms with Gasteiger partial charge in [-0.25, -0.2) is 9.37 Å². The number of hydrogen-bond acceptors (Lipinski definition) is 10. The molecule has 0 spiro atoms. The second-order valence-corrected chi connectivity index (χ2v) is 14.3. The lowest BCUT2D eigenvalue weighted by atomic mass is 9.94. The molecule has 0 aliphatic carbocycles. The molecule has 3 N–H and O–H groups in total. The zero-order valence-corrected chi connectivity index (χ0v) is 27.2. The molecule has 4 saturated heterocycles. The molecule has 2 aromatic carbocycles. The maximum atomic E-state index is 15.0. The van der Waals surface area contributed by atoms with E-state index in [1.165, 1.54) is 6.07 Å². The average Bonchev–Trinajstić information content (AvgIpc) is 3.05. The van der Waals surface area contributed by atoms with E-state index < -0.39 is 11.4 Å². The summed E-state index contributed by atoms with van der Waals surface area (Å²) in [6.45, 7) is 5.96. The van der Waals surface area contributed by atoms with E-state index in [2.05, 4.69) is 42.5 Å². The summed E-state index contributed by atoms with van der Waals surface area (Å²) in [7, 11) is 0. The number of halogens is 1. The molecule has 2 amide bonds. The fourth-order valence-electron chi connectivity index (χ4n) is 6.84. The monoisotopic (exact) mass is 664 g/mol. The highest BCUT2D eigenvalue weighted by molar-refractivity contribution is 7.99. The number of imide groups is 1. The number of H-pyrrole nitrogens is 1. The van der Waals surface area contributed by atoms with Gasteiger partial charge in [0.25, 0.3) is 5.56 Å². The van der Waals surface area contributed by atoms with Crippen molar-refractivity contribution in [2.45, 2.75) is 61.6 Å². The minimum Gasteiger partial charge on any atom is -0.493 e. The number of nitrogens with one attached hydrogen (secondary N) is 3. The first-order valence-corrected chi connectivity index (χ1v) is 17.7. The second-order valence-electron chi connectivity index (χ2n) is 13.0. The Labute approximate surface area is 277 Å². The molecule has 11 nitrogen and oxygen atoms in total. The Balaban J connectivity index is 0.860. The summed E-state index contributed by atoms with van der Waals surface area (Å²) in [6.07, 6.45) is 4.84. The molecule has 1 unspecified atom stereocenters. The molecule has 1 atom stereocenters. The van der Waals surface area contributed by atoms with Crippen molar-refractivity contribution in [3.05, 3.63) is 58.4 Å². The summed E-state index contributed by atoms with van der Waals surface area (Å²) in [4.78, 5) is 48.3. The van der Waals surface area contributed by atoms with E-state index in [4.69, 9.17) is 9.47 Å². The predicted molar refractivity (Wildman–Crippen MR) is 179 cm³/mol. The van der Waals surface area contributed by atoms with Crippen LogP contribution in [0.3, 0.4) is 0 Å². The Hall–Kier alpha value is -3.68. The lowest BCUT2D eigenvalue weighted by molar-refractivity contribution is -0.133. The summed E-state index contributed by atoms with van der Waals surface area (Å²) >= 11 is 1.75. The average molecular weight is 665 g/mol. The number of piperidine rings is 2. The van der Waals surface area contributed by atoms with Gasteiger partial charge in [0.15, 0.2) is 0 Å². The van der Waals surface area contributed by atoms with Gasteiger partial charge in [-0.05, 0) is 75.4 Å². The molecular formula is C34H41FN6O5S. The van der Waals surface area contributed by atoms with Gasteiger partial charge >= 0.3 is 0 Å². The molecule has 3 aromatic rings. The van der Waals surface area contributed by atoms with E-state index in [1.54, 1.807) is 17.8 Å². The zero-order valence-electron chi connectivity index (χ0n) is 26.3. The van der Waals surface area contributed by atoms with E-state index in [0.29, 0.717) is 59.5 Å². The van der Waals surface area contributed by atoms with Gasteiger partial charge in [-0.15, -0.1) is 0 Å². The number of aromatic amines is 1. The van der Waals surface area contributed by atoms with Crippen molar-refractivity contribution in [1.82, 2.24) is 20.2 Å². The van der Waals surface area contributed by atoms with Gasteiger partial charge in [-0.2, -0.15) is 11.8 Å². The van der Waals surface area contributed by atoms with Gasteiger partial charge in [0.2, 0.25) is 11.8 Å². The molecule has 13 heteroatoms. The quantitative estimate of drug-likeness (QED) is 0.276. The van der Waals surface area contributed by atoms with Gasteiger partial charge in [-0.3, -0.25) is 24.6 Å². The number of likely N-dealkylation sites (tertiary alicyclic amines) is 1. The molecule has 1 aromatic heterocycles. The number of carbonyl (C=O) groups is 2. The molecule has 5 heterocycles. The first kappa shape index (κ1) is 31.9. The minimum absolute atomic E-state index is 0.0279. The maximum absolute atomic E-state index is 15.0. The molecule has 250 valence electrons. The summed E-state index contributed by atoms with van der Waals surface area (Å²) < 4.78 is 26.5. The largest absolute Gasteiger partial charge is 0.493 e. The van der Waals surface area contributed by atoms with Crippen LogP contribution >= 0.6 is 11.8 Å². The molecule has 0 radical (unpaired) electrons. The standard InChI is InChI=1S/C34H41FN6O5S/c35-27-15-25(16-29-32(27)34(44)38-30(37-29)20-47-26-9-13-45-14-10-26)46-19-21-7-11-40(12-8-21)24-17-41(18-24)23-3-1-22(2-4-23)36-28-5-6-31(42)39-33(28)43/h1-4,15-16,21,24,26,28,36H,5-14,17-20H2,(H,37,38,44)(H,39,42,43). The first-order chi connectivity index (χ1) is 22.9. The number of hydrogen-bond donors (Lipinski definition) is 3. The van der Waals surface area contributed by atoms with E-state index in [9.17, 15) is 18.8 Å². The Morgan fingerprint density at radius 1 is 1.02 bits per heavy atom. The molecular weight excluding hydrogens is 623 g/mol. The smallest absolute Gasteiger partial charge is 0.261 e. The van der Waals surface area contributed by atoms with Crippen molar-refractivity contribution >= 4 is 45.9 Å². The fourth-order valence-corrected chi connectivity index (χ4v) is 7.89. The van der Waals surface area contributed by atoms with Crippen LogP contribution in [0.25, 0.3) is 10.9 Å². The highest BCUT2D eigenvalue weighted by Gasteiger charge is 2.34. The molecule has 4 aliphatic rings. The van der Waals surface area contributed by atoms with E-state index in [1.807, 2.05) is 12.1 Å². The van der Waals surface area contributed by atoms with Crippen molar-refractivity contribution in [1.29, 1.82) is 0 Å². The number of anilines is 2. The van der Waals surface area contributed by atoms with Crippen LogP contribution < -0.4 is 25.8 Å². The van der Waals surface area contributed by atoms with Crippen molar-refractivity contribution in [3.8, 4) is 5.75 Å². The predicted octanol–water partition coefficient (Wildman–Crippen LogP) is 3.67. The van der Waals surface area contributed by atoms with Crippen LogP contribution in [-0.4, -0.2) is 90.0 Å². The van der Waals surface area contributed by atoms with Crippen LogP contribution in [-0.2, 0) is 20.1 Å². The van der Waals surface area contributed by atoms with Crippen LogP contribution in [0.1, 0.15) is 44.3 Å². The summed E-state index contributed by atoms with van der Waals surface area (Å²) in [5, 5.41) is 6.06. The lowest BCUT2D eigenvalue weighted by Crippen LogP contribution is -2.61. The van der Waals surface area contributed by atoms with Gasteiger partial charge in [0, 0.05) is 67.5 Å². The van der Waals surface area contributed by atoms with Crippen LogP contribution in [0.15, 0.2) is 41.2 Å². The normalized spacial score (nSPS) is 21.9. The second kappa shape index (κ2) is 14.2.